The van der Waals surface area contributed by atoms with Crippen molar-refractivity contribution >= 4 is 23.3 Å². The second kappa shape index (κ2) is 9.69. The van der Waals surface area contributed by atoms with E-state index in [1.807, 2.05) is 50.2 Å². The Morgan fingerprint density at radius 1 is 1.00 bits per heavy atom. The van der Waals surface area contributed by atoms with Gasteiger partial charge < -0.3 is 29.3 Å². The summed E-state index contributed by atoms with van der Waals surface area (Å²) in [5.41, 5.74) is 2.45. The molecule has 2 N–H and O–H groups in total. The Hall–Kier alpha value is -3.68. The molecule has 0 unspecified atom stereocenters. The summed E-state index contributed by atoms with van der Waals surface area (Å²) in [5.74, 6) is 0.588. The third-order valence-corrected chi connectivity index (χ3v) is 4.47. The summed E-state index contributed by atoms with van der Waals surface area (Å²) in [6, 6.07) is 12.3. The van der Waals surface area contributed by atoms with Gasteiger partial charge >= 0.3 is 6.03 Å². The Labute approximate surface area is 175 Å². The highest BCUT2D eigenvalue weighted by Crippen LogP contribution is 2.25. The van der Waals surface area contributed by atoms with E-state index in [-0.39, 0.29) is 17.7 Å². The summed E-state index contributed by atoms with van der Waals surface area (Å²) in [4.78, 5) is 28.6. The van der Waals surface area contributed by atoms with E-state index in [2.05, 4.69) is 10.6 Å². The number of nitrogens with one attached hydrogen (secondary N) is 2. The van der Waals surface area contributed by atoms with Gasteiger partial charge in [0.15, 0.2) is 5.76 Å². The fourth-order valence-corrected chi connectivity index (χ4v) is 3.09. The van der Waals surface area contributed by atoms with Gasteiger partial charge in [0.05, 0.1) is 25.6 Å². The van der Waals surface area contributed by atoms with Crippen LogP contribution in [0.15, 0.2) is 63.8 Å². The van der Waals surface area contributed by atoms with E-state index >= 15 is 0 Å². The number of hydrogen-bond donors (Lipinski definition) is 2. The number of anilines is 2. The molecular formula is C22H26N4O4. The first kappa shape index (κ1) is 21.0. The van der Waals surface area contributed by atoms with Crippen molar-refractivity contribution in [2.24, 2.45) is 0 Å². The minimum absolute atomic E-state index is 0.191. The van der Waals surface area contributed by atoms with Crippen LogP contribution in [-0.4, -0.2) is 37.5 Å². The van der Waals surface area contributed by atoms with Gasteiger partial charge in [-0.15, -0.1) is 0 Å². The number of hydrogen-bond acceptors (Lipinski definition) is 5. The van der Waals surface area contributed by atoms with Crippen LogP contribution >= 0.6 is 0 Å². The van der Waals surface area contributed by atoms with Crippen LogP contribution in [0.1, 0.15) is 28.8 Å². The summed E-state index contributed by atoms with van der Waals surface area (Å²) >= 11 is 0. The van der Waals surface area contributed by atoms with Crippen molar-refractivity contribution < 1.29 is 18.4 Å². The molecule has 0 saturated carbocycles. The molecule has 8 nitrogen and oxygen atoms in total. The van der Waals surface area contributed by atoms with Gasteiger partial charge in [-0.2, -0.15) is 0 Å². The number of nitrogens with zero attached hydrogens (tertiary/aromatic N) is 2. The lowest BCUT2D eigenvalue weighted by Crippen LogP contribution is -2.39. The first-order valence-electron chi connectivity index (χ1n) is 9.68. The van der Waals surface area contributed by atoms with E-state index in [0.29, 0.717) is 31.1 Å². The zero-order chi connectivity index (χ0) is 21.5. The van der Waals surface area contributed by atoms with Gasteiger partial charge in [0.25, 0.3) is 5.91 Å². The lowest BCUT2D eigenvalue weighted by Gasteiger charge is -2.25. The Bertz CT molecular complexity index is 965. The fraction of sp³-hybridized carbons (Fsp3) is 0.273. The molecule has 0 atom stereocenters. The van der Waals surface area contributed by atoms with Gasteiger partial charge in [0, 0.05) is 32.0 Å². The van der Waals surface area contributed by atoms with Crippen molar-refractivity contribution in [2.75, 3.05) is 30.9 Å². The molecule has 0 spiro atoms. The molecule has 158 valence electrons. The number of carbonyl (C=O) groups is 2. The topological polar surface area (TPSA) is 91.0 Å². The van der Waals surface area contributed by atoms with Crippen LogP contribution in [0.5, 0.6) is 0 Å². The fourth-order valence-electron chi connectivity index (χ4n) is 3.09. The molecule has 0 aliphatic rings. The van der Waals surface area contributed by atoms with Gasteiger partial charge in [-0.3, -0.25) is 4.79 Å². The zero-order valence-electron chi connectivity index (χ0n) is 17.3. The summed E-state index contributed by atoms with van der Waals surface area (Å²) in [6.45, 7) is 3.06. The standard InChI is InChI=1S/C22H26N4O4/c1-4-23-22(28)26(15-18-7-5-11-29-18)14-16-13-17(9-10-19(16)25(2)3)24-21(27)20-8-6-12-30-20/h5-13H,4,14-15H2,1-3H3,(H,23,28)(H,24,27). The van der Waals surface area contributed by atoms with Crippen LogP contribution in [-0.2, 0) is 13.1 Å². The smallest absolute Gasteiger partial charge is 0.318 e. The summed E-state index contributed by atoms with van der Waals surface area (Å²) in [7, 11) is 3.87. The molecule has 3 aromatic rings. The number of furan rings is 2. The Morgan fingerprint density at radius 2 is 1.77 bits per heavy atom. The highest BCUT2D eigenvalue weighted by Gasteiger charge is 2.18. The van der Waals surface area contributed by atoms with E-state index in [1.165, 1.54) is 6.26 Å². The van der Waals surface area contributed by atoms with Crippen molar-refractivity contribution in [3.8, 4) is 0 Å². The third kappa shape index (κ3) is 5.22. The molecule has 2 aromatic heterocycles. The number of benzene rings is 1. The quantitative estimate of drug-likeness (QED) is 0.587. The molecule has 1 aromatic carbocycles. The average molecular weight is 410 g/mol. The van der Waals surface area contributed by atoms with Crippen LogP contribution in [0, 0.1) is 0 Å². The second-order valence-corrected chi connectivity index (χ2v) is 6.94. The van der Waals surface area contributed by atoms with Gasteiger partial charge in [-0.25, -0.2) is 4.79 Å². The predicted octanol–water partition coefficient (Wildman–Crippen LogP) is 3.92. The maximum atomic E-state index is 12.7. The molecule has 0 bridgehead atoms. The molecule has 3 rings (SSSR count). The number of carbonyl (C=O) groups excluding carboxylic acids is 2. The largest absolute Gasteiger partial charge is 0.467 e. The van der Waals surface area contributed by atoms with Gasteiger partial charge in [-0.05, 0) is 55.0 Å². The van der Waals surface area contributed by atoms with Crippen molar-refractivity contribution in [2.45, 2.75) is 20.0 Å². The van der Waals surface area contributed by atoms with Crippen molar-refractivity contribution in [1.29, 1.82) is 0 Å². The zero-order valence-corrected chi connectivity index (χ0v) is 17.3. The minimum atomic E-state index is -0.334. The van der Waals surface area contributed by atoms with Gasteiger partial charge in [0.1, 0.15) is 5.76 Å². The minimum Gasteiger partial charge on any atom is -0.467 e. The number of urea groups is 1. The molecular weight excluding hydrogens is 384 g/mol. The van der Waals surface area contributed by atoms with E-state index in [0.717, 1.165) is 11.3 Å². The predicted molar refractivity (Wildman–Crippen MR) is 114 cm³/mol. The van der Waals surface area contributed by atoms with Crippen LogP contribution in [0.25, 0.3) is 0 Å². The number of rotatable bonds is 8. The molecule has 8 heteroatoms. The van der Waals surface area contributed by atoms with Crippen molar-refractivity contribution in [3.05, 3.63) is 72.1 Å². The summed E-state index contributed by atoms with van der Waals surface area (Å²) in [5, 5.41) is 5.68. The maximum absolute atomic E-state index is 12.7. The van der Waals surface area contributed by atoms with Crippen LogP contribution in [0.3, 0.4) is 0 Å². The first-order valence-corrected chi connectivity index (χ1v) is 9.68. The molecule has 3 amide bonds. The van der Waals surface area contributed by atoms with Crippen LogP contribution in [0.2, 0.25) is 0 Å². The first-order chi connectivity index (χ1) is 14.5. The molecule has 0 fully saturated rings. The SMILES string of the molecule is CCNC(=O)N(Cc1ccco1)Cc1cc(NC(=O)c2ccco2)ccc1N(C)C. The third-order valence-electron chi connectivity index (χ3n) is 4.47. The molecule has 0 aliphatic heterocycles. The normalized spacial score (nSPS) is 10.5. The molecule has 0 saturated heterocycles. The van der Waals surface area contributed by atoms with E-state index in [1.54, 1.807) is 29.4 Å². The monoisotopic (exact) mass is 410 g/mol. The van der Waals surface area contributed by atoms with Crippen LogP contribution in [0.4, 0.5) is 16.2 Å². The van der Waals surface area contributed by atoms with E-state index < -0.39 is 0 Å². The van der Waals surface area contributed by atoms with Crippen molar-refractivity contribution in [1.82, 2.24) is 10.2 Å². The van der Waals surface area contributed by atoms with Crippen LogP contribution < -0.4 is 15.5 Å². The lowest BCUT2D eigenvalue weighted by atomic mass is 10.1. The maximum Gasteiger partial charge on any atom is 0.318 e. The van der Waals surface area contributed by atoms with Crippen molar-refractivity contribution in [3.63, 3.8) is 0 Å². The molecule has 0 radical (unpaired) electrons. The highest BCUT2D eigenvalue weighted by molar-refractivity contribution is 6.02. The second-order valence-electron chi connectivity index (χ2n) is 6.94. The highest BCUT2D eigenvalue weighted by atomic mass is 16.3. The Kier molecular flexibility index (Phi) is 6.79. The van der Waals surface area contributed by atoms with E-state index in [4.69, 9.17) is 8.83 Å². The molecule has 0 aliphatic carbocycles. The summed E-state index contributed by atoms with van der Waals surface area (Å²) < 4.78 is 10.6. The number of amides is 3. The van der Waals surface area contributed by atoms with E-state index in [9.17, 15) is 9.59 Å². The average Bonchev–Trinajstić information content (AvgIpc) is 3.42. The van der Waals surface area contributed by atoms with Gasteiger partial charge in [-0.1, -0.05) is 0 Å². The molecule has 30 heavy (non-hydrogen) atoms. The van der Waals surface area contributed by atoms with Gasteiger partial charge in [0.2, 0.25) is 0 Å². The molecule has 2 heterocycles. The Morgan fingerprint density at radius 3 is 2.40 bits per heavy atom. The lowest BCUT2D eigenvalue weighted by molar-refractivity contribution is 0.0996. The Balaban J connectivity index is 1.86. The summed E-state index contributed by atoms with van der Waals surface area (Å²) in [6.07, 6.45) is 3.04.